The molecule has 1 aliphatic rings. The minimum absolute atomic E-state index is 0.0136. The van der Waals surface area contributed by atoms with Crippen LogP contribution in [-0.4, -0.2) is 11.4 Å². The van der Waals surface area contributed by atoms with Crippen molar-refractivity contribution in [2.75, 3.05) is 0 Å². The lowest BCUT2D eigenvalue weighted by atomic mass is 10.00. The molecule has 3 heteroatoms. The molecule has 1 saturated carbocycles. The number of nitrogens with one attached hydrogen (secondary N) is 1. The molecular formula is C14H18BrNO. The Hall–Kier alpha value is -0.830. The first-order valence-electron chi connectivity index (χ1n) is 6.09. The highest BCUT2D eigenvalue weighted by atomic mass is 79.9. The number of carbonyl (C=O) groups is 1. The maximum Gasteiger partial charge on any atom is 0.252 e. The molecule has 0 bridgehead atoms. The minimum Gasteiger partial charge on any atom is -0.347 e. The average Bonchev–Trinajstić information content (AvgIpc) is 2.68. The van der Waals surface area contributed by atoms with Crippen molar-refractivity contribution in [1.82, 2.24) is 5.32 Å². The number of hydrogen-bond acceptors (Lipinski definition) is 1. The van der Waals surface area contributed by atoms with Crippen molar-refractivity contribution < 1.29 is 4.79 Å². The van der Waals surface area contributed by atoms with E-state index in [4.69, 9.17) is 0 Å². The summed E-state index contributed by atoms with van der Waals surface area (Å²) in [5, 5.41) is 3.17. The van der Waals surface area contributed by atoms with Crippen LogP contribution < -0.4 is 5.32 Å². The Balaban J connectivity index is 2.17. The summed E-state index contributed by atoms with van der Waals surface area (Å²) >= 11 is 3.44. The molecule has 92 valence electrons. The van der Waals surface area contributed by atoms with Crippen molar-refractivity contribution >= 4 is 21.8 Å². The van der Waals surface area contributed by atoms with Gasteiger partial charge in [-0.25, -0.2) is 0 Å². The largest absolute Gasteiger partial charge is 0.347 e. The van der Waals surface area contributed by atoms with Gasteiger partial charge < -0.3 is 5.32 Å². The number of benzene rings is 1. The van der Waals surface area contributed by atoms with Gasteiger partial charge >= 0.3 is 0 Å². The van der Waals surface area contributed by atoms with Crippen LogP contribution in [0, 0.1) is 6.92 Å². The second-order valence-corrected chi connectivity index (χ2v) is 6.06. The molecule has 0 unspecified atom stereocenters. The molecule has 0 heterocycles. The van der Waals surface area contributed by atoms with Crippen molar-refractivity contribution in [3.8, 4) is 0 Å². The van der Waals surface area contributed by atoms with E-state index in [2.05, 4.69) is 28.2 Å². The van der Waals surface area contributed by atoms with E-state index in [1.807, 2.05) is 25.1 Å². The fraction of sp³-hybridized carbons (Fsp3) is 0.500. The van der Waals surface area contributed by atoms with Gasteiger partial charge in [-0.05, 0) is 54.8 Å². The van der Waals surface area contributed by atoms with E-state index < -0.39 is 0 Å². The second kappa shape index (κ2) is 4.81. The van der Waals surface area contributed by atoms with Crippen molar-refractivity contribution in [2.45, 2.75) is 45.1 Å². The van der Waals surface area contributed by atoms with Gasteiger partial charge in [-0.2, -0.15) is 0 Å². The zero-order valence-electron chi connectivity index (χ0n) is 10.3. The fourth-order valence-corrected chi connectivity index (χ4v) is 2.86. The van der Waals surface area contributed by atoms with E-state index in [-0.39, 0.29) is 11.4 Å². The molecule has 0 aliphatic heterocycles. The third-order valence-corrected chi connectivity index (χ3v) is 4.18. The van der Waals surface area contributed by atoms with Crippen LogP contribution in [0.15, 0.2) is 22.7 Å². The number of hydrogen-bond donors (Lipinski definition) is 1. The number of carbonyl (C=O) groups excluding carboxylic acids is 1. The lowest BCUT2D eigenvalue weighted by Crippen LogP contribution is -2.43. The minimum atomic E-state index is -0.0136. The van der Waals surface area contributed by atoms with Gasteiger partial charge in [0.2, 0.25) is 0 Å². The Bertz CT molecular complexity index is 436. The first kappa shape index (κ1) is 12.6. The number of aryl methyl sites for hydroxylation is 1. The number of rotatable bonds is 2. The highest BCUT2D eigenvalue weighted by Crippen LogP contribution is 2.29. The maximum atomic E-state index is 12.2. The molecule has 0 saturated heterocycles. The smallest absolute Gasteiger partial charge is 0.252 e. The Morgan fingerprint density at radius 3 is 2.65 bits per heavy atom. The quantitative estimate of drug-likeness (QED) is 0.883. The van der Waals surface area contributed by atoms with Gasteiger partial charge in [0, 0.05) is 10.0 Å². The first-order valence-corrected chi connectivity index (χ1v) is 6.88. The standard InChI is InChI=1S/C14H18BrNO/c1-10-5-6-12(15)11(9-10)13(17)16-14(2)7-3-4-8-14/h5-6,9H,3-4,7-8H2,1-2H3,(H,16,17). The zero-order valence-corrected chi connectivity index (χ0v) is 11.9. The van der Waals surface area contributed by atoms with Gasteiger partial charge in [0.15, 0.2) is 0 Å². The summed E-state index contributed by atoms with van der Waals surface area (Å²) in [4.78, 5) is 12.2. The van der Waals surface area contributed by atoms with Crippen LogP contribution in [0.25, 0.3) is 0 Å². The molecule has 2 nitrogen and oxygen atoms in total. The molecule has 1 fully saturated rings. The number of amides is 1. The summed E-state index contributed by atoms with van der Waals surface area (Å²) in [5.41, 5.74) is 1.83. The molecule has 1 N–H and O–H groups in total. The van der Waals surface area contributed by atoms with Crippen molar-refractivity contribution in [3.63, 3.8) is 0 Å². The number of halogens is 1. The monoisotopic (exact) mass is 295 g/mol. The summed E-state index contributed by atoms with van der Waals surface area (Å²) in [6.45, 7) is 4.14. The topological polar surface area (TPSA) is 29.1 Å². The molecule has 0 aromatic heterocycles. The predicted octanol–water partition coefficient (Wildman–Crippen LogP) is 3.82. The van der Waals surface area contributed by atoms with E-state index in [0.29, 0.717) is 0 Å². The highest BCUT2D eigenvalue weighted by molar-refractivity contribution is 9.10. The normalized spacial score (nSPS) is 18.1. The molecule has 0 spiro atoms. The molecule has 1 aromatic rings. The van der Waals surface area contributed by atoms with Crippen LogP contribution in [0.3, 0.4) is 0 Å². The molecule has 2 rings (SSSR count). The zero-order chi connectivity index (χ0) is 12.5. The van der Waals surface area contributed by atoms with Crippen LogP contribution in [0.5, 0.6) is 0 Å². The molecule has 1 aliphatic carbocycles. The van der Waals surface area contributed by atoms with E-state index in [1.54, 1.807) is 0 Å². The molecular weight excluding hydrogens is 278 g/mol. The van der Waals surface area contributed by atoms with E-state index in [9.17, 15) is 4.79 Å². The van der Waals surface area contributed by atoms with Gasteiger partial charge in [-0.3, -0.25) is 4.79 Å². The van der Waals surface area contributed by atoms with Crippen molar-refractivity contribution in [2.24, 2.45) is 0 Å². The molecule has 1 aromatic carbocycles. The molecule has 0 radical (unpaired) electrons. The van der Waals surface area contributed by atoms with Crippen molar-refractivity contribution in [3.05, 3.63) is 33.8 Å². The Morgan fingerprint density at radius 2 is 2.00 bits per heavy atom. The van der Waals surface area contributed by atoms with Gasteiger partial charge in [0.05, 0.1) is 5.56 Å². The summed E-state index contributed by atoms with van der Waals surface area (Å²) in [5.74, 6) is 0.0324. The van der Waals surface area contributed by atoms with Crippen LogP contribution in [-0.2, 0) is 0 Å². The molecule has 17 heavy (non-hydrogen) atoms. The van der Waals surface area contributed by atoms with Gasteiger partial charge in [0.1, 0.15) is 0 Å². The van der Waals surface area contributed by atoms with E-state index in [0.717, 1.165) is 28.4 Å². The summed E-state index contributed by atoms with van der Waals surface area (Å²) in [6.07, 6.45) is 4.60. The average molecular weight is 296 g/mol. The Morgan fingerprint density at radius 1 is 1.35 bits per heavy atom. The third kappa shape index (κ3) is 2.89. The molecule has 1 amide bonds. The van der Waals surface area contributed by atoms with Crippen LogP contribution in [0.4, 0.5) is 0 Å². The summed E-state index contributed by atoms with van der Waals surface area (Å²) < 4.78 is 0.863. The van der Waals surface area contributed by atoms with Gasteiger partial charge in [0.25, 0.3) is 5.91 Å². The fourth-order valence-electron chi connectivity index (χ4n) is 2.43. The second-order valence-electron chi connectivity index (χ2n) is 5.21. The van der Waals surface area contributed by atoms with Crippen LogP contribution in [0.2, 0.25) is 0 Å². The Kier molecular flexibility index (Phi) is 3.57. The van der Waals surface area contributed by atoms with Crippen molar-refractivity contribution in [1.29, 1.82) is 0 Å². The Labute approximate surface area is 111 Å². The highest BCUT2D eigenvalue weighted by Gasteiger charge is 2.30. The lowest BCUT2D eigenvalue weighted by molar-refractivity contribution is 0.0907. The van der Waals surface area contributed by atoms with Crippen LogP contribution in [0.1, 0.15) is 48.5 Å². The van der Waals surface area contributed by atoms with E-state index >= 15 is 0 Å². The SMILES string of the molecule is Cc1ccc(Br)c(C(=O)NC2(C)CCCC2)c1. The lowest BCUT2D eigenvalue weighted by Gasteiger charge is -2.25. The van der Waals surface area contributed by atoms with Gasteiger partial charge in [-0.1, -0.05) is 24.5 Å². The summed E-state index contributed by atoms with van der Waals surface area (Å²) in [7, 11) is 0. The van der Waals surface area contributed by atoms with Gasteiger partial charge in [-0.15, -0.1) is 0 Å². The first-order chi connectivity index (χ1) is 8.00. The predicted molar refractivity (Wildman–Crippen MR) is 73.2 cm³/mol. The third-order valence-electron chi connectivity index (χ3n) is 3.49. The van der Waals surface area contributed by atoms with Crippen LogP contribution >= 0.6 is 15.9 Å². The molecule has 0 atom stereocenters. The maximum absolute atomic E-state index is 12.2. The van der Waals surface area contributed by atoms with E-state index in [1.165, 1.54) is 12.8 Å². The summed E-state index contributed by atoms with van der Waals surface area (Å²) in [6, 6.07) is 5.86.